The van der Waals surface area contributed by atoms with Gasteiger partial charge in [0.1, 0.15) is 0 Å². The lowest BCUT2D eigenvalue weighted by Crippen LogP contribution is -2.52. The summed E-state index contributed by atoms with van der Waals surface area (Å²) < 4.78 is 0. The summed E-state index contributed by atoms with van der Waals surface area (Å²) in [6, 6.07) is 0.429. The Labute approximate surface area is 129 Å². The fraction of sp³-hybridized carbons (Fsp3) is 0.938. The maximum absolute atomic E-state index is 12.9. The van der Waals surface area contributed by atoms with Gasteiger partial charge in [-0.3, -0.25) is 4.79 Å². The summed E-state index contributed by atoms with van der Waals surface area (Å²) in [6.07, 6.45) is 9.94. The van der Waals surface area contributed by atoms with Gasteiger partial charge in [-0.1, -0.05) is 32.6 Å². The highest BCUT2D eigenvalue weighted by atomic mass is 35.5. The average Bonchev–Trinajstić information content (AvgIpc) is 2.86. The van der Waals surface area contributed by atoms with Crippen molar-refractivity contribution in [2.45, 2.75) is 64.3 Å². The number of hydrogen-bond donors (Lipinski definition) is 2. The predicted molar refractivity (Wildman–Crippen MR) is 84.1 cm³/mol. The first-order valence-corrected chi connectivity index (χ1v) is 8.24. The lowest BCUT2D eigenvalue weighted by Gasteiger charge is -2.39. The van der Waals surface area contributed by atoms with Crippen molar-refractivity contribution in [1.82, 2.24) is 10.6 Å². The molecule has 3 aliphatic rings. The van der Waals surface area contributed by atoms with Crippen molar-refractivity contribution in [2.24, 2.45) is 17.3 Å². The van der Waals surface area contributed by atoms with Crippen LogP contribution in [0.2, 0.25) is 0 Å². The minimum absolute atomic E-state index is 0. The summed E-state index contributed by atoms with van der Waals surface area (Å²) >= 11 is 0. The van der Waals surface area contributed by atoms with Crippen LogP contribution in [0.25, 0.3) is 0 Å². The molecule has 0 radical (unpaired) electrons. The van der Waals surface area contributed by atoms with E-state index in [0.717, 1.165) is 19.5 Å². The fourth-order valence-electron chi connectivity index (χ4n) is 4.53. The lowest BCUT2D eigenvalue weighted by molar-refractivity contribution is -0.135. The standard InChI is InChI=1S/C16H28N2O.ClH/c1-12-6-2-3-8-14(12)18-15(19)16-9-5-4-7-13(16)10-17-11-16;/h12-14,17H,2-11H2,1H3,(H,18,19);1H/t12?,13-,14?,16+;/m0./s1. The van der Waals surface area contributed by atoms with E-state index in [2.05, 4.69) is 17.6 Å². The number of hydrogen-bond acceptors (Lipinski definition) is 2. The van der Waals surface area contributed by atoms with E-state index >= 15 is 0 Å². The summed E-state index contributed by atoms with van der Waals surface area (Å²) in [4.78, 5) is 12.9. The number of fused-ring (bicyclic) bond motifs is 1. The van der Waals surface area contributed by atoms with Crippen molar-refractivity contribution in [1.29, 1.82) is 0 Å². The van der Waals surface area contributed by atoms with E-state index in [9.17, 15) is 4.79 Å². The Balaban J connectivity index is 0.00000147. The smallest absolute Gasteiger partial charge is 0.228 e. The molecular weight excluding hydrogens is 272 g/mol. The average molecular weight is 301 g/mol. The van der Waals surface area contributed by atoms with Gasteiger partial charge in [0.05, 0.1) is 5.41 Å². The van der Waals surface area contributed by atoms with Crippen molar-refractivity contribution >= 4 is 18.3 Å². The van der Waals surface area contributed by atoms with Gasteiger partial charge in [-0.2, -0.15) is 0 Å². The summed E-state index contributed by atoms with van der Waals surface area (Å²) in [5.41, 5.74) is -0.0740. The highest BCUT2D eigenvalue weighted by molar-refractivity contribution is 5.85. The van der Waals surface area contributed by atoms with E-state index in [4.69, 9.17) is 0 Å². The van der Waals surface area contributed by atoms with Crippen LogP contribution >= 0.6 is 12.4 Å². The van der Waals surface area contributed by atoms with Gasteiger partial charge >= 0.3 is 0 Å². The first-order chi connectivity index (χ1) is 9.22. The summed E-state index contributed by atoms with van der Waals surface area (Å²) in [5.74, 6) is 1.60. The van der Waals surface area contributed by atoms with Crippen LogP contribution in [0, 0.1) is 17.3 Å². The van der Waals surface area contributed by atoms with Crippen molar-refractivity contribution in [3.05, 3.63) is 0 Å². The molecule has 3 fully saturated rings. The van der Waals surface area contributed by atoms with Crippen molar-refractivity contribution in [2.75, 3.05) is 13.1 Å². The van der Waals surface area contributed by atoms with Crippen LogP contribution in [0.3, 0.4) is 0 Å². The van der Waals surface area contributed by atoms with E-state index in [1.54, 1.807) is 0 Å². The summed E-state index contributed by atoms with van der Waals surface area (Å²) in [6.45, 7) is 4.26. The molecule has 3 rings (SSSR count). The van der Waals surface area contributed by atoms with Crippen molar-refractivity contribution < 1.29 is 4.79 Å². The first kappa shape index (κ1) is 16.1. The van der Waals surface area contributed by atoms with Crippen LogP contribution in [0.5, 0.6) is 0 Å². The normalized spacial score (nSPS) is 40.5. The number of nitrogens with one attached hydrogen (secondary N) is 2. The number of halogens is 1. The predicted octanol–water partition coefficient (Wildman–Crippen LogP) is 2.88. The topological polar surface area (TPSA) is 41.1 Å². The van der Waals surface area contributed by atoms with Crippen LogP contribution < -0.4 is 10.6 Å². The lowest BCUT2D eigenvalue weighted by atomic mass is 9.67. The van der Waals surface area contributed by atoms with Gasteiger partial charge in [0.25, 0.3) is 0 Å². The molecule has 1 heterocycles. The second-order valence-electron chi connectivity index (χ2n) is 7.07. The quantitative estimate of drug-likeness (QED) is 0.823. The second kappa shape index (κ2) is 6.65. The Hall–Kier alpha value is -0.280. The maximum Gasteiger partial charge on any atom is 0.228 e. The molecule has 116 valence electrons. The van der Waals surface area contributed by atoms with E-state index in [1.165, 1.54) is 44.9 Å². The fourth-order valence-corrected chi connectivity index (χ4v) is 4.53. The minimum atomic E-state index is -0.0740. The van der Waals surface area contributed by atoms with Crippen LogP contribution in [-0.2, 0) is 4.79 Å². The molecule has 0 spiro atoms. The number of rotatable bonds is 2. The van der Waals surface area contributed by atoms with Gasteiger partial charge in [-0.05, 0) is 44.1 Å². The molecule has 0 bridgehead atoms. The van der Waals surface area contributed by atoms with Gasteiger partial charge in [0.2, 0.25) is 5.91 Å². The minimum Gasteiger partial charge on any atom is -0.353 e. The molecule has 1 saturated heterocycles. The van der Waals surface area contributed by atoms with E-state index in [-0.39, 0.29) is 17.8 Å². The van der Waals surface area contributed by atoms with Gasteiger partial charge in [-0.25, -0.2) is 0 Å². The highest BCUT2D eigenvalue weighted by Gasteiger charge is 2.50. The third kappa shape index (κ3) is 2.85. The molecule has 2 N–H and O–H groups in total. The zero-order valence-electron chi connectivity index (χ0n) is 12.6. The van der Waals surface area contributed by atoms with Crippen LogP contribution in [0.15, 0.2) is 0 Å². The molecule has 3 nitrogen and oxygen atoms in total. The SMILES string of the molecule is CC1CCCCC1NC(=O)[C@@]12CCCC[C@H]1CNC2.Cl. The molecule has 2 unspecified atom stereocenters. The van der Waals surface area contributed by atoms with E-state index in [1.807, 2.05) is 0 Å². The number of carbonyl (C=O) groups excluding carboxylic acids is 1. The Morgan fingerprint density at radius 1 is 1.15 bits per heavy atom. The Morgan fingerprint density at radius 2 is 1.90 bits per heavy atom. The monoisotopic (exact) mass is 300 g/mol. The maximum atomic E-state index is 12.9. The number of amides is 1. The zero-order valence-corrected chi connectivity index (χ0v) is 13.4. The number of carbonyl (C=O) groups is 1. The van der Waals surface area contributed by atoms with E-state index in [0.29, 0.717) is 23.8 Å². The molecule has 0 aromatic rings. The molecule has 4 atom stereocenters. The molecule has 2 aliphatic carbocycles. The summed E-state index contributed by atoms with van der Waals surface area (Å²) in [5, 5.41) is 6.90. The molecule has 0 aromatic carbocycles. The third-order valence-corrected chi connectivity index (χ3v) is 5.92. The Kier molecular flexibility index (Phi) is 5.36. The first-order valence-electron chi connectivity index (χ1n) is 8.24. The molecule has 1 aliphatic heterocycles. The van der Waals surface area contributed by atoms with Crippen LogP contribution in [-0.4, -0.2) is 25.0 Å². The van der Waals surface area contributed by atoms with Gasteiger partial charge < -0.3 is 10.6 Å². The zero-order chi connectivity index (χ0) is 13.3. The largest absolute Gasteiger partial charge is 0.353 e. The van der Waals surface area contributed by atoms with Crippen molar-refractivity contribution in [3.63, 3.8) is 0 Å². The molecular formula is C16H29ClN2O. The van der Waals surface area contributed by atoms with Crippen LogP contribution in [0.1, 0.15) is 58.3 Å². The van der Waals surface area contributed by atoms with E-state index < -0.39 is 0 Å². The van der Waals surface area contributed by atoms with Gasteiger partial charge in [0.15, 0.2) is 0 Å². The molecule has 20 heavy (non-hydrogen) atoms. The third-order valence-electron chi connectivity index (χ3n) is 5.92. The van der Waals surface area contributed by atoms with Gasteiger partial charge in [-0.15, -0.1) is 12.4 Å². The van der Waals surface area contributed by atoms with Crippen LogP contribution in [0.4, 0.5) is 0 Å². The Bertz CT molecular complexity index is 349. The molecule has 4 heteroatoms. The second-order valence-corrected chi connectivity index (χ2v) is 7.07. The molecule has 1 amide bonds. The highest BCUT2D eigenvalue weighted by Crippen LogP contribution is 2.44. The molecule has 0 aromatic heterocycles. The summed E-state index contributed by atoms with van der Waals surface area (Å²) in [7, 11) is 0. The van der Waals surface area contributed by atoms with Gasteiger partial charge in [0, 0.05) is 12.6 Å². The molecule has 2 saturated carbocycles. The van der Waals surface area contributed by atoms with Crippen molar-refractivity contribution in [3.8, 4) is 0 Å². The Morgan fingerprint density at radius 3 is 2.70 bits per heavy atom.